The molecule has 0 N–H and O–H groups in total. The van der Waals surface area contributed by atoms with Crippen molar-refractivity contribution in [1.29, 1.82) is 0 Å². The van der Waals surface area contributed by atoms with Crippen LogP contribution in [-0.2, 0) is 9.59 Å². The zero-order chi connectivity index (χ0) is 15.7. The first-order valence-corrected chi connectivity index (χ1v) is 7.36. The van der Waals surface area contributed by atoms with Gasteiger partial charge in [-0.05, 0) is 11.1 Å². The average molecular weight is 329 g/mol. The maximum absolute atomic E-state index is 12.6. The van der Waals surface area contributed by atoms with Gasteiger partial charge in [0, 0.05) is 0 Å². The van der Waals surface area contributed by atoms with Crippen LogP contribution in [0.4, 0.5) is 0 Å². The molecule has 0 radical (unpaired) electrons. The molecule has 0 bridgehead atoms. The second-order valence-electron chi connectivity index (χ2n) is 4.77. The fourth-order valence-corrected chi connectivity index (χ4v) is 2.95. The number of hydrogen-bond donors (Lipinski definition) is 0. The standard InChI is InChI=1S/C18H10Cl2O2/c19-15-13(11-7-3-1-4-8-11)17(21)16(20)14(18(15)22)12-9-5-2-6-10-12/h1-10H. The molecule has 0 spiro atoms. The van der Waals surface area contributed by atoms with E-state index in [1.54, 1.807) is 48.5 Å². The predicted octanol–water partition coefficient (Wildman–Crippen LogP) is 4.44. The van der Waals surface area contributed by atoms with Crippen LogP contribution in [0.15, 0.2) is 70.7 Å². The van der Waals surface area contributed by atoms with Crippen LogP contribution >= 0.6 is 23.2 Å². The molecule has 2 aromatic rings. The van der Waals surface area contributed by atoms with E-state index in [9.17, 15) is 9.59 Å². The first kappa shape index (κ1) is 14.8. The quantitative estimate of drug-likeness (QED) is 0.764. The molecule has 0 amide bonds. The summed E-state index contributed by atoms with van der Waals surface area (Å²) in [6.07, 6.45) is 0. The lowest BCUT2D eigenvalue weighted by Gasteiger charge is -2.18. The summed E-state index contributed by atoms with van der Waals surface area (Å²) >= 11 is 12.4. The third-order valence-electron chi connectivity index (χ3n) is 3.42. The fourth-order valence-electron chi connectivity index (χ4n) is 2.37. The molecule has 1 aliphatic rings. The summed E-state index contributed by atoms with van der Waals surface area (Å²) in [6, 6.07) is 17.6. The Morgan fingerprint density at radius 3 is 1.18 bits per heavy atom. The molecule has 4 heteroatoms. The minimum Gasteiger partial charge on any atom is -0.288 e. The van der Waals surface area contributed by atoms with Crippen molar-refractivity contribution in [3.8, 4) is 0 Å². The van der Waals surface area contributed by atoms with Crippen LogP contribution in [0.5, 0.6) is 0 Å². The number of carbonyl (C=O) groups excluding carboxylic acids is 2. The number of carbonyl (C=O) groups is 2. The van der Waals surface area contributed by atoms with Crippen molar-refractivity contribution in [2.24, 2.45) is 0 Å². The monoisotopic (exact) mass is 328 g/mol. The zero-order valence-electron chi connectivity index (χ0n) is 11.3. The normalized spacial score (nSPS) is 15.5. The Kier molecular flexibility index (Phi) is 3.97. The molecule has 0 aromatic heterocycles. The van der Waals surface area contributed by atoms with Crippen molar-refractivity contribution in [2.75, 3.05) is 0 Å². The van der Waals surface area contributed by atoms with Gasteiger partial charge in [0.25, 0.3) is 0 Å². The maximum atomic E-state index is 12.6. The Balaban J connectivity index is 2.16. The van der Waals surface area contributed by atoms with E-state index in [0.717, 1.165) is 0 Å². The largest absolute Gasteiger partial charge is 0.288 e. The topological polar surface area (TPSA) is 34.1 Å². The van der Waals surface area contributed by atoms with Gasteiger partial charge in [-0.1, -0.05) is 83.9 Å². The summed E-state index contributed by atoms with van der Waals surface area (Å²) < 4.78 is 0. The lowest BCUT2D eigenvalue weighted by molar-refractivity contribution is -0.113. The minimum atomic E-state index is -0.434. The van der Waals surface area contributed by atoms with E-state index < -0.39 is 11.6 Å². The molecule has 0 aliphatic heterocycles. The number of Topliss-reactive ketones (excluding diaryl/α,β-unsaturated/α-hetero) is 2. The maximum Gasteiger partial charge on any atom is 0.207 e. The Labute approximate surface area is 137 Å². The Morgan fingerprint density at radius 2 is 0.864 bits per heavy atom. The van der Waals surface area contributed by atoms with Crippen LogP contribution in [0.2, 0.25) is 0 Å². The molecule has 0 atom stereocenters. The van der Waals surface area contributed by atoms with E-state index in [2.05, 4.69) is 0 Å². The first-order chi connectivity index (χ1) is 10.6. The molecule has 2 aromatic carbocycles. The number of rotatable bonds is 2. The van der Waals surface area contributed by atoms with Gasteiger partial charge in [-0.25, -0.2) is 0 Å². The summed E-state index contributed by atoms with van der Waals surface area (Å²) in [6.45, 7) is 0. The number of allylic oxidation sites excluding steroid dienone is 4. The Morgan fingerprint density at radius 1 is 0.545 bits per heavy atom. The van der Waals surface area contributed by atoms with Crippen molar-refractivity contribution in [1.82, 2.24) is 0 Å². The first-order valence-electron chi connectivity index (χ1n) is 6.61. The SMILES string of the molecule is O=C1C(Cl)=C(c2ccccc2)C(=O)C(Cl)=C1c1ccccc1. The van der Waals surface area contributed by atoms with Gasteiger partial charge in [0.05, 0.1) is 11.1 Å². The van der Waals surface area contributed by atoms with Crippen LogP contribution in [0.3, 0.4) is 0 Å². The van der Waals surface area contributed by atoms with Crippen molar-refractivity contribution in [2.45, 2.75) is 0 Å². The van der Waals surface area contributed by atoms with Crippen LogP contribution < -0.4 is 0 Å². The van der Waals surface area contributed by atoms with E-state index in [1.807, 2.05) is 12.1 Å². The van der Waals surface area contributed by atoms with Crippen molar-refractivity contribution in [3.05, 3.63) is 81.9 Å². The number of ketones is 2. The van der Waals surface area contributed by atoms with Gasteiger partial charge < -0.3 is 0 Å². The molecule has 22 heavy (non-hydrogen) atoms. The molecule has 0 heterocycles. The fraction of sp³-hybridized carbons (Fsp3) is 0. The summed E-state index contributed by atoms with van der Waals surface area (Å²) in [7, 11) is 0. The smallest absolute Gasteiger partial charge is 0.207 e. The van der Waals surface area contributed by atoms with Gasteiger partial charge >= 0.3 is 0 Å². The lowest BCUT2D eigenvalue weighted by Crippen LogP contribution is -2.18. The highest BCUT2D eigenvalue weighted by atomic mass is 35.5. The molecule has 1 aliphatic carbocycles. The minimum absolute atomic E-state index is 0.0977. The molecular formula is C18H10Cl2O2. The molecule has 0 unspecified atom stereocenters. The van der Waals surface area contributed by atoms with Crippen molar-refractivity contribution >= 4 is 45.9 Å². The van der Waals surface area contributed by atoms with Crippen molar-refractivity contribution in [3.63, 3.8) is 0 Å². The van der Waals surface area contributed by atoms with E-state index in [4.69, 9.17) is 23.2 Å². The van der Waals surface area contributed by atoms with Crippen molar-refractivity contribution < 1.29 is 9.59 Å². The highest BCUT2D eigenvalue weighted by Gasteiger charge is 2.34. The molecule has 108 valence electrons. The molecular weight excluding hydrogens is 319 g/mol. The van der Waals surface area contributed by atoms with Crippen LogP contribution in [0.1, 0.15) is 11.1 Å². The van der Waals surface area contributed by atoms with E-state index in [-0.39, 0.29) is 21.2 Å². The molecule has 0 saturated heterocycles. The number of hydrogen-bond acceptors (Lipinski definition) is 2. The van der Waals surface area contributed by atoms with Gasteiger partial charge in [0.1, 0.15) is 10.1 Å². The van der Waals surface area contributed by atoms with Gasteiger partial charge in [-0.2, -0.15) is 0 Å². The third-order valence-corrected chi connectivity index (χ3v) is 4.14. The molecule has 0 fully saturated rings. The molecule has 0 saturated carbocycles. The average Bonchev–Trinajstić information content (AvgIpc) is 2.55. The second kappa shape index (κ2) is 5.91. The summed E-state index contributed by atoms with van der Waals surface area (Å²) in [4.78, 5) is 25.2. The lowest BCUT2D eigenvalue weighted by atomic mass is 9.88. The van der Waals surface area contributed by atoms with Crippen LogP contribution in [0, 0.1) is 0 Å². The van der Waals surface area contributed by atoms with E-state index >= 15 is 0 Å². The second-order valence-corrected chi connectivity index (χ2v) is 5.52. The van der Waals surface area contributed by atoms with Gasteiger partial charge in [0.2, 0.25) is 11.6 Å². The van der Waals surface area contributed by atoms with E-state index in [0.29, 0.717) is 11.1 Å². The predicted molar refractivity (Wildman–Crippen MR) is 88.4 cm³/mol. The Hall–Kier alpha value is -2.16. The number of halogens is 2. The van der Waals surface area contributed by atoms with Crippen LogP contribution in [0.25, 0.3) is 11.1 Å². The van der Waals surface area contributed by atoms with Gasteiger partial charge in [-0.15, -0.1) is 0 Å². The van der Waals surface area contributed by atoms with Crippen LogP contribution in [-0.4, -0.2) is 11.6 Å². The highest BCUT2D eigenvalue weighted by Crippen LogP contribution is 2.38. The summed E-state index contributed by atoms with van der Waals surface area (Å²) in [5.41, 5.74) is 1.46. The van der Waals surface area contributed by atoms with E-state index in [1.165, 1.54) is 0 Å². The third kappa shape index (κ3) is 2.41. The summed E-state index contributed by atoms with van der Waals surface area (Å²) in [5.74, 6) is -0.868. The molecule has 3 rings (SSSR count). The molecule has 2 nitrogen and oxygen atoms in total. The zero-order valence-corrected chi connectivity index (χ0v) is 12.9. The Bertz CT molecular complexity index is 747. The summed E-state index contributed by atoms with van der Waals surface area (Å²) in [5, 5.41) is -0.195. The van der Waals surface area contributed by atoms with Gasteiger partial charge in [-0.3, -0.25) is 9.59 Å². The highest BCUT2D eigenvalue weighted by molar-refractivity contribution is 6.68. The van der Waals surface area contributed by atoms with Gasteiger partial charge in [0.15, 0.2) is 0 Å². The number of benzene rings is 2.